The molecule has 0 aliphatic heterocycles. The van der Waals surface area contributed by atoms with Crippen LogP contribution in [0.1, 0.15) is 11.1 Å². The highest BCUT2D eigenvalue weighted by Gasteiger charge is 2.23. The van der Waals surface area contributed by atoms with Crippen LogP contribution in [-0.2, 0) is 15.8 Å². The summed E-state index contributed by atoms with van der Waals surface area (Å²) >= 11 is 7.60. The quantitative estimate of drug-likeness (QED) is 0.198. The summed E-state index contributed by atoms with van der Waals surface area (Å²) in [6.45, 7) is 1.71. The van der Waals surface area contributed by atoms with Crippen molar-refractivity contribution in [3.05, 3.63) is 86.9 Å². The minimum atomic E-state index is -4.08. The van der Waals surface area contributed by atoms with Crippen LogP contribution < -0.4 is 4.72 Å². The fourth-order valence-electron chi connectivity index (χ4n) is 2.94. The SMILES string of the molecule is Cc1cc(S(=O)(=O)Nc2nc3cc([N+](=O)[O-])ccc3o2)c(SCc2ccccc2)cc1Cl. The van der Waals surface area contributed by atoms with Gasteiger partial charge in [-0.15, -0.1) is 11.8 Å². The molecule has 8 nitrogen and oxygen atoms in total. The fraction of sp³-hybridized carbons (Fsp3) is 0.0952. The summed E-state index contributed by atoms with van der Waals surface area (Å²) in [6.07, 6.45) is 0. The van der Waals surface area contributed by atoms with E-state index in [-0.39, 0.29) is 27.7 Å². The average Bonchev–Trinajstić information content (AvgIpc) is 3.15. The van der Waals surface area contributed by atoms with E-state index in [9.17, 15) is 18.5 Å². The van der Waals surface area contributed by atoms with Crippen molar-refractivity contribution >= 4 is 56.2 Å². The predicted molar refractivity (Wildman–Crippen MR) is 124 cm³/mol. The van der Waals surface area contributed by atoms with Crippen molar-refractivity contribution in [2.75, 3.05) is 4.72 Å². The number of hydrogen-bond donors (Lipinski definition) is 1. The van der Waals surface area contributed by atoms with Crippen molar-refractivity contribution < 1.29 is 17.8 Å². The van der Waals surface area contributed by atoms with E-state index < -0.39 is 14.9 Å². The van der Waals surface area contributed by atoms with Crippen LogP contribution >= 0.6 is 23.4 Å². The molecule has 0 aliphatic carbocycles. The molecule has 0 saturated heterocycles. The Hall–Kier alpha value is -3.08. The normalized spacial score (nSPS) is 11.6. The third-order valence-corrected chi connectivity index (χ3v) is 7.58. The molecular weight excluding hydrogens is 474 g/mol. The molecule has 0 radical (unpaired) electrons. The van der Waals surface area contributed by atoms with Gasteiger partial charge in [-0.1, -0.05) is 41.9 Å². The van der Waals surface area contributed by atoms with E-state index in [1.807, 2.05) is 30.3 Å². The number of rotatable bonds is 7. The molecule has 0 saturated carbocycles. The second kappa shape index (κ2) is 8.81. The molecule has 164 valence electrons. The van der Waals surface area contributed by atoms with Gasteiger partial charge in [0.1, 0.15) is 10.4 Å². The Balaban J connectivity index is 1.66. The lowest BCUT2D eigenvalue weighted by molar-refractivity contribution is -0.384. The van der Waals surface area contributed by atoms with Crippen molar-refractivity contribution in [2.24, 2.45) is 0 Å². The number of halogens is 1. The molecule has 0 spiro atoms. The molecule has 1 N–H and O–H groups in total. The van der Waals surface area contributed by atoms with Crippen molar-refractivity contribution in [2.45, 2.75) is 22.5 Å². The molecule has 1 aromatic heterocycles. The molecule has 0 bridgehead atoms. The monoisotopic (exact) mass is 489 g/mol. The first-order valence-electron chi connectivity index (χ1n) is 9.27. The number of benzene rings is 3. The van der Waals surface area contributed by atoms with Crippen LogP contribution in [0.3, 0.4) is 0 Å². The summed E-state index contributed by atoms with van der Waals surface area (Å²) in [5, 5.41) is 11.4. The number of aromatic nitrogens is 1. The van der Waals surface area contributed by atoms with Crippen molar-refractivity contribution in [1.82, 2.24) is 4.98 Å². The Bertz CT molecular complexity index is 1420. The maximum absolute atomic E-state index is 13.2. The first-order valence-corrected chi connectivity index (χ1v) is 12.1. The van der Waals surface area contributed by atoms with Gasteiger partial charge in [0.25, 0.3) is 15.7 Å². The van der Waals surface area contributed by atoms with Gasteiger partial charge in [-0.25, -0.2) is 13.1 Å². The highest BCUT2D eigenvalue weighted by Crippen LogP contribution is 2.35. The number of thioether (sulfide) groups is 1. The molecule has 1 heterocycles. The van der Waals surface area contributed by atoms with Gasteiger partial charge in [0.05, 0.1) is 4.92 Å². The van der Waals surface area contributed by atoms with Gasteiger partial charge in [0.15, 0.2) is 5.58 Å². The van der Waals surface area contributed by atoms with E-state index in [2.05, 4.69) is 9.71 Å². The Labute approximate surface area is 192 Å². The molecule has 11 heteroatoms. The smallest absolute Gasteiger partial charge is 0.309 e. The maximum atomic E-state index is 13.2. The largest absolute Gasteiger partial charge is 0.423 e. The highest BCUT2D eigenvalue weighted by atomic mass is 35.5. The number of sulfonamides is 1. The van der Waals surface area contributed by atoms with E-state index in [0.717, 1.165) is 5.56 Å². The summed E-state index contributed by atoms with van der Waals surface area (Å²) < 4.78 is 34.1. The zero-order chi connectivity index (χ0) is 22.9. The van der Waals surface area contributed by atoms with Crippen LogP contribution in [0.4, 0.5) is 11.7 Å². The number of fused-ring (bicyclic) bond motifs is 1. The number of nitrogens with one attached hydrogen (secondary N) is 1. The summed E-state index contributed by atoms with van der Waals surface area (Å²) in [5.41, 5.74) is 1.85. The van der Waals surface area contributed by atoms with Crippen LogP contribution in [0.5, 0.6) is 0 Å². The molecule has 0 amide bonds. The molecule has 32 heavy (non-hydrogen) atoms. The predicted octanol–water partition coefficient (Wildman–Crippen LogP) is 5.79. The Kier molecular flexibility index (Phi) is 6.09. The number of anilines is 1. The Morgan fingerprint density at radius 1 is 1.16 bits per heavy atom. The van der Waals surface area contributed by atoms with E-state index in [0.29, 0.717) is 21.2 Å². The number of aryl methyl sites for hydroxylation is 1. The van der Waals surface area contributed by atoms with Gasteiger partial charge in [-0.2, -0.15) is 4.98 Å². The van der Waals surface area contributed by atoms with Crippen LogP contribution in [0, 0.1) is 17.0 Å². The third kappa shape index (κ3) is 4.72. The van der Waals surface area contributed by atoms with Crippen LogP contribution in [0.25, 0.3) is 11.1 Å². The van der Waals surface area contributed by atoms with Gasteiger partial charge in [0.2, 0.25) is 0 Å². The van der Waals surface area contributed by atoms with E-state index >= 15 is 0 Å². The molecule has 4 rings (SSSR count). The van der Waals surface area contributed by atoms with Crippen molar-refractivity contribution in [1.29, 1.82) is 0 Å². The number of oxazole rings is 1. The standard InChI is InChI=1S/C21H16ClN3O5S2/c1-13-9-20(19(11-16(13)22)31-12-14-5-3-2-4-6-14)32(28,29)24-21-23-17-10-15(25(26)27)7-8-18(17)30-21/h2-11H,12H2,1H3,(H,23,24). The second-order valence-corrected chi connectivity index (χ2v) is 9.93. The van der Waals surface area contributed by atoms with Crippen molar-refractivity contribution in [3.8, 4) is 0 Å². The Morgan fingerprint density at radius 3 is 2.62 bits per heavy atom. The molecule has 0 unspecified atom stereocenters. The van der Waals surface area contributed by atoms with Gasteiger partial charge >= 0.3 is 6.01 Å². The van der Waals surface area contributed by atoms with Gasteiger partial charge < -0.3 is 4.42 Å². The second-order valence-electron chi connectivity index (χ2n) is 6.86. The molecular formula is C21H16ClN3O5S2. The number of nitro groups is 1. The molecule has 0 atom stereocenters. The van der Waals surface area contributed by atoms with E-state index in [1.165, 1.54) is 36.0 Å². The minimum Gasteiger partial charge on any atom is -0.423 e. The van der Waals surface area contributed by atoms with Crippen LogP contribution in [0.2, 0.25) is 5.02 Å². The molecule has 4 aromatic rings. The third-order valence-electron chi connectivity index (χ3n) is 4.56. The van der Waals surface area contributed by atoms with Crippen LogP contribution in [-0.4, -0.2) is 18.3 Å². The molecule has 0 fully saturated rings. The van der Waals surface area contributed by atoms with Crippen LogP contribution in [0.15, 0.2) is 74.9 Å². The van der Waals surface area contributed by atoms with Crippen molar-refractivity contribution in [3.63, 3.8) is 0 Å². The van der Waals surface area contributed by atoms with Gasteiger partial charge in [-0.3, -0.25) is 10.1 Å². The minimum absolute atomic E-state index is 0.0357. The van der Waals surface area contributed by atoms with E-state index in [4.69, 9.17) is 16.0 Å². The average molecular weight is 490 g/mol. The maximum Gasteiger partial charge on any atom is 0.309 e. The van der Waals surface area contributed by atoms with Gasteiger partial charge in [-0.05, 0) is 36.2 Å². The lowest BCUT2D eigenvalue weighted by Gasteiger charge is -2.12. The number of non-ortho nitro benzene ring substituents is 1. The molecule has 3 aromatic carbocycles. The zero-order valence-electron chi connectivity index (χ0n) is 16.6. The Morgan fingerprint density at radius 2 is 1.91 bits per heavy atom. The number of nitrogens with zero attached hydrogens (tertiary/aromatic N) is 2. The zero-order valence-corrected chi connectivity index (χ0v) is 19.0. The van der Waals surface area contributed by atoms with Gasteiger partial charge in [0, 0.05) is 27.8 Å². The number of nitro benzene ring substituents is 1. The summed E-state index contributed by atoms with van der Waals surface area (Å²) in [6, 6.07) is 16.3. The highest BCUT2D eigenvalue weighted by molar-refractivity contribution is 7.99. The molecule has 0 aliphatic rings. The lowest BCUT2D eigenvalue weighted by Crippen LogP contribution is -2.14. The summed E-state index contributed by atoms with van der Waals surface area (Å²) in [4.78, 5) is 14.9. The fourth-order valence-corrected chi connectivity index (χ4v) is 5.67. The first-order chi connectivity index (χ1) is 15.2. The number of hydrogen-bond acceptors (Lipinski definition) is 7. The first kappa shape index (κ1) is 22.1. The topological polar surface area (TPSA) is 115 Å². The summed E-state index contributed by atoms with van der Waals surface area (Å²) in [5.74, 6) is 0.551. The summed E-state index contributed by atoms with van der Waals surface area (Å²) in [7, 11) is -4.08. The lowest BCUT2D eigenvalue weighted by atomic mass is 10.2. The van der Waals surface area contributed by atoms with E-state index in [1.54, 1.807) is 13.0 Å².